The molecule has 2 rings (SSSR count). The van der Waals surface area contributed by atoms with Crippen LogP contribution in [0.15, 0.2) is 35.3 Å². The zero-order valence-corrected chi connectivity index (χ0v) is 17.8. The average molecular weight is 476 g/mol. The van der Waals surface area contributed by atoms with Gasteiger partial charge in [0.05, 0.1) is 0 Å². The van der Waals surface area contributed by atoms with Crippen LogP contribution in [0.25, 0.3) is 10.1 Å². The Labute approximate surface area is 169 Å². The summed E-state index contributed by atoms with van der Waals surface area (Å²) < 4.78 is 1.16. The van der Waals surface area contributed by atoms with Gasteiger partial charge in [0.2, 0.25) is 5.91 Å². The van der Waals surface area contributed by atoms with Crippen LogP contribution in [0, 0.1) is 0 Å². The number of hydrogen-bond donors (Lipinski definition) is 3. The van der Waals surface area contributed by atoms with E-state index in [1.54, 1.807) is 37.4 Å². The normalized spacial score (nSPS) is 12.4. The number of halogens is 1. The molecule has 0 spiro atoms. The van der Waals surface area contributed by atoms with Gasteiger partial charge in [0.15, 0.2) is 5.96 Å². The third-order valence-electron chi connectivity index (χ3n) is 3.59. The van der Waals surface area contributed by atoms with Gasteiger partial charge >= 0.3 is 0 Å². The molecule has 1 heterocycles. The van der Waals surface area contributed by atoms with E-state index in [4.69, 9.17) is 0 Å². The fraction of sp³-hybridized carbons (Fsp3) is 0.412. The zero-order valence-electron chi connectivity index (χ0n) is 14.7. The number of benzene rings is 1. The van der Waals surface area contributed by atoms with Crippen LogP contribution in [0.1, 0.15) is 17.4 Å². The molecule has 8 heteroatoms. The predicted octanol–water partition coefficient (Wildman–Crippen LogP) is 2.20. The highest BCUT2D eigenvalue weighted by Crippen LogP contribution is 2.29. The number of nitrogens with zero attached hydrogens (tertiary/aromatic N) is 2. The molecule has 0 saturated heterocycles. The number of thiophene rings is 1. The van der Waals surface area contributed by atoms with E-state index < -0.39 is 6.10 Å². The van der Waals surface area contributed by atoms with E-state index in [9.17, 15) is 9.90 Å². The summed E-state index contributed by atoms with van der Waals surface area (Å²) in [6.45, 7) is 0.851. The number of hydrogen-bond acceptors (Lipinski definition) is 4. The molecule has 0 aliphatic rings. The van der Waals surface area contributed by atoms with Gasteiger partial charge in [0.1, 0.15) is 6.10 Å². The van der Waals surface area contributed by atoms with Gasteiger partial charge in [-0.1, -0.05) is 18.2 Å². The topological polar surface area (TPSA) is 77.0 Å². The molecule has 1 aromatic carbocycles. The van der Waals surface area contributed by atoms with Crippen LogP contribution in [0.5, 0.6) is 0 Å². The van der Waals surface area contributed by atoms with Gasteiger partial charge in [0, 0.05) is 50.2 Å². The summed E-state index contributed by atoms with van der Waals surface area (Å²) in [7, 11) is 5.13. The van der Waals surface area contributed by atoms with Gasteiger partial charge in [-0.25, -0.2) is 0 Å². The number of amides is 1. The van der Waals surface area contributed by atoms with Gasteiger partial charge in [0.25, 0.3) is 0 Å². The molecule has 0 fully saturated rings. The van der Waals surface area contributed by atoms with Gasteiger partial charge in [-0.15, -0.1) is 35.3 Å². The summed E-state index contributed by atoms with van der Waals surface area (Å²) in [6.07, 6.45) is -0.212. The van der Waals surface area contributed by atoms with Crippen molar-refractivity contribution >= 4 is 57.3 Å². The molecule has 0 aliphatic heterocycles. The maximum absolute atomic E-state index is 11.5. The maximum Gasteiger partial charge on any atom is 0.223 e. The minimum absolute atomic E-state index is 0. The Hall–Kier alpha value is -1.39. The Bertz CT molecular complexity index is 684. The Morgan fingerprint density at radius 2 is 2.04 bits per heavy atom. The molecule has 2 aromatic rings. The lowest BCUT2D eigenvalue weighted by Crippen LogP contribution is -2.40. The van der Waals surface area contributed by atoms with Crippen LogP contribution in [0.3, 0.4) is 0 Å². The van der Waals surface area contributed by atoms with E-state index in [-0.39, 0.29) is 29.9 Å². The van der Waals surface area contributed by atoms with E-state index in [1.165, 1.54) is 0 Å². The summed E-state index contributed by atoms with van der Waals surface area (Å²) in [5, 5.41) is 17.7. The van der Waals surface area contributed by atoms with Gasteiger partial charge in [-0.3, -0.25) is 9.79 Å². The lowest BCUT2D eigenvalue weighted by molar-refractivity contribution is -0.128. The van der Waals surface area contributed by atoms with Crippen molar-refractivity contribution in [1.29, 1.82) is 0 Å². The highest BCUT2D eigenvalue weighted by molar-refractivity contribution is 14.0. The van der Waals surface area contributed by atoms with Crippen LogP contribution in [-0.2, 0) is 4.79 Å². The largest absolute Gasteiger partial charge is 0.386 e. The van der Waals surface area contributed by atoms with E-state index in [0.29, 0.717) is 25.5 Å². The Morgan fingerprint density at radius 3 is 2.68 bits per heavy atom. The number of rotatable bonds is 6. The minimum Gasteiger partial charge on any atom is -0.386 e. The first-order valence-electron chi connectivity index (χ1n) is 7.82. The highest BCUT2D eigenvalue weighted by Gasteiger charge is 2.12. The van der Waals surface area contributed by atoms with Crippen LogP contribution in [0.2, 0.25) is 0 Å². The molecule has 1 amide bonds. The molecule has 0 aliphatic carbocycles. The van der Waals surface area contributed by atoms with E-state index in [2.05, 4.69) is 15.6 Å². The second kappa shape index (κ2) is 10.6. The summed E-state index contributed by atoms with van der Waals surface area (Å²) in [5.41, 5.74) is 0. The first-order chi connectivity index (χ1) is 11.5. The Kier molecular flexibility index (Phi) is 9.15. The number of aliphatic hydroxyl groups is 1. The Morgan fingerprint density at radius 1 is 1.32 bits per heavy atom. The third kappa shape index (κ3) is 6.44. The molecule has 0 radical (unpaired) electrons. The molecule has 3 N–H and O–H groups in total. The zero-order chi connectivity index (χ0) is 17.5. The van der Waals surface area contributed by atoms with Gasteiger partial charge in [-0.05, 0) is 17.5 Å². The molecular weight excluding hydrogens is 451 g/mol. The number of aliphatic imine (C=N–C) groups is 1. The first kappa shape index (κ1) is 21.7. The minimum atomic E-state index is -0.607. The van der Waals surface area contributed by atoms with Crippen LogP contribution < -0.4 is 10.6 Å². The Balaban J connectivity index is 0.00000312. The molecule has 1 atom stereocenters. The molecular formula is C17H25IN4O2S. The van der Waals surface area contributed by atoms with Crippen molar-refractivity contribution in [2.45, 2.75) is 12.5 Å². The van der Waals surface area contributed by atoms with Gasteiger partial charge in [-0.2, -0.15) is 0 Å². The predicted molar refractivity (Wildman–Crippen MR) is 115 cm³/mol. The molecule has 1 unspecified atom stereocenters. The van der Waals surface area contributed by atoms with Crippen LogP contribution in [-0.4, -0.2) is 56.1 Å². The van der Waals surface area contributed by atoms with Crippen molar-refractivity contribution in [3.8, 4) is 0 Å². The fourth-order valence-electron chi connectivity index (χ4n) is 2.19. The van der Waals surface area contributed by atoms with Crippen molar-refractivity contribution in [1.82, 2.24) is 15.5 Å². The molecule has 25 heavy (non-hydrogen) atoms. The molecule has 1 aromatic heterocycles. The average Bonchev–Trinajstić information content (AvgIpc) is 3.01. The van der Waals surface area contributed by atoms with Crippen molar-refractivity contribution in [2.75, 3.05) is 34.2 Å². The summed E-state index contributed by atoms with van der Waals surface area (Å²) in [4.78, 5) is 18.1. The standard InChI is InChI=1S/C17H24N4O2S.HI/c1-18-17(19-9-8-16(23)21(2)3)20-11-13(22)15-10-12-6-4-5-7-14(12)24-15;/h4-7,10,13,22H,8-9,11H2,1-3H3,(H2,18,19,20);1H. The SMILES string of the molecule is CN=C(NCCC(=O)N(C)C)NCC(O)c1cc2ccccc2s1.I. The number of carbonyl (C=O) groups is 1. The second-order valence-electron chi connectivity index (χ2n) is 5.62. The van der Waals surface area contributed by atoms with E-state index >= 15 is 0 Å². The van der Waals surface area contributed by atoms with Crippen molar-refractivity contribution in [3.05, 3.63) is 35.2 Å². The number of nitrogens with one attached hydrogen (secondary N) is 2. The molecule has 0 saturated carbocycles. The van der Waals surface area contributed by atoms with E-state index in [0.717, 1.165) is 15.0 Å². The highest BCUT2D eigenvalue weighted by atomic mass is 127. The number of carbonyl (C=O) groups excluding carboxylic acids is 1. The van der Waals surface area contributed by atoms with Crippen molar-refractivity contribution in [3.63, 3.8) is 0 Å². The number of aliphatic hydroxyl groups excluding tert-OH is 1. The van der Waals surface area contributed by atoms with Gasteiger partial charge < -0.3 is 20.6 Å². The van der Waals surface area contributed by atoms with Crippen molar-refractivity contribution in [2.24, 2.45) is 4.99 Å². The molecule has 0 bridgehead atoms. The summed E-state index contributed by atoms with van der Waals surface area (Å²) in [6, 6.07) is 10.1. The summed E-state index contributed by atoms with van der Waals surface area (Å²) >= 11 is 1.59. The quantitative estimate of drug-likeness (QED) is 0.340. The maximum atomic E-state index is 11.5. The number of fused-ring (bicyclic) bond motifs is 1. The lowest BCUT2D eigenvalue weighted by atomic mass is 10.2. The third-order valence-corrected chi connectivity index (χ3v) is 4.81. The fourth-order valence-corrected chi connectivity index (χ4v) is 3.24. The van der Waals surface area contributed by atoms with Crippen LogP contribution in [0.4, 0.5) is 0 Å². The van der Waals surface area contributed by atoms with Crippen LogP contribution >= 0.6 is 35.3 Å². The molecule has 138 valence electrons. The first-order valence-corrected chi connectivity index (χ1v) is 8.64. The molecule has 6 nitrogen and oxygen atoms in total. The number of guanidine groups is 1. The van der Waals surface area contributed by atoms with E-state index in [1.807, 2.05) is 30.3 Å². The lowest BCUT2D eigenvalue weighted by Gasteiger charge is -2.15. The van der Waals surface area contributed by atoms with Crippen molar-refractivity contribution < 1.29 is 9.90 Å². The summed E-state index contributed by atoms with van der Waals surface area (Å²) in [5.74, 6) is 0.630. The second-order valence-corrected chi connectivity index (χ2v) is 6.74. The monoisotopic (exact) mass is 476 g/mol. The smallest absolute Gasteiger partial charge is 0.223 e.